The first-order valence-corrected chi connectivity index (χ1v) is 11.6. The first-order valence-electron chi connectivity index (χ1n) is 7.85. The van der Waals surface area contributed by atoms with Gasteiger partial charge in [-0.2, -0.15) is 0 Å². The molecule has 0 unspecified atom stereocenters. The number of ether oxygens (including phenoxy) is 1. The fourth-order valence-corrected chi connectivity index (χ4v) is 4.74. The summed E-state index contributed by atoms with van der Waals surface area (Å²) in [4.78, 5) is 3.43. The van der Waals surface area contributed by atoms with Crippen LogP contribution in [0.1, 0.15) is 0 Å². The number of halogens is 1. The van der Waals surface area contributed by atoms with Gasteiger partial charge in [0.1, 0.15) is 11.5 Å². The van der Waals surface area contributed by atoms with Gasteiger partial charge < -0.3 is 4.74 Å². The molecule has 0 atom stereocenters. The highest BCUT2D eigenvalue weighted by atomic mass is 35.5. The molecule has 0 aliphatic heterocycles. The van der Waals surface area contributed by atoms with E-state index < -0.39 is 19.9 Å². The molecule has 10 heteroatoms. The van der Waals surface area contributed by atoms with Crippen LogP contribution in [-0.4, -0.2) is 28.1 Å². The van der Waals surface area contributed by atoms with Gasteiger partial charge in [-0.1, -0.05) is 11.6 Å². The second-order valence-corrected chi connectivity index (χ2v) is 9.85. The minimum absolute atomic E-state index is 0.0425. The van der Waals surface area contributed by atoms with Crippen LogP contribution in [0.5, 0.6) is 11.5 Å². The molecule has 1 aromatic heterocycles. The Morgan fingerprint density at radius 3 is 2.11 bits per heavy atom. The van der Waals surface area contributed by atoms with Crippen molar-refractivity contribution < 1.29 is 21.6 Å². The number of rotatable bonds is 6. The summed E-state index contributed by atoms with van der Waals surface area (Å²) >= 11 is 5.86. The lowest BCUT2D eigenvalue weighted by Crippen LogP contribution is -2.13. The van der Waals surface area contributed by atoms with Crippen molar-refractivity contribution in [1.29, 1.82) is 0 Å². The third-order valence-corrected chi connectivity index (χ3v) is 6.56. The zero-order valence-corrected chi connectivity index (χ0v) is 16.9. The summed E-state index contributed by atoms with van der Waals surface area (Å²) in [6, 6.07) is 13.1. The Hall–Kier alpha value is -2.62. The van der Waals surface area contributed by atoms with Gasteiger partial charge in [-0.05, 0) is 54.6 Å². The molecular formula is C18H15ClN2O5S2. The SMILES string of the molecule is CS(=O)(=O)c1cc(S(=O)(=O)Nc2ccc(Oc3ccncc3)cc2)ccc1Cl. The molecule has 0 saturated heterocycles. The van der Waals surface area contributed by atoms with E-state index in [1.165, 1.54) is 24.3 Å². The lowest BCUT2D eigenvalue weighted by Gasteiger charge is -2.11. The van der Waals surface area contributed by atoms with Crippen LogP contribution in [-0.2, 0) is 19.9 Å². The fourth-order valence-electron chi connectivity index (χ4n) is 2.28. The van der Waals surface area contributed by atoms with Gasteiger partial charge in [0.15, 0.2) is 9.84 Å². The number of aromatic nitrogens is 1. The van der Waals surface area contributed by atoms with Gasteiger partial charge in [0.05, 0.1) is 14.8 Å². The monoisotopic (exact) mass is 438 g/mol. The van der Waals surface area contributed by atoms with Gasteiger partial charge in [-0.3, -0.25) is 9.71 Å². The van der Waals surface area contributed by atoms with E-state index in [0.29, 0.717) is 11.5 Å². The van der Waals surface area contributed by atoms with Gasteiger partial charge >= 0.3 is 0 Å². The largest absolute Gasteiger partial charge is 0.457 e. The first kappa shape index (κ1) is 20.1. The summed E-state index contributed by atoms with van der Waals surface area (Å²) in [5, 5.41) is -0.0425. The fraction of sp³-hybridized carbons (Fsp3) is 0.0556. The van der Waals surface area contributed by atoms with Crippen molar-refractivity contribution in [2.24, 2.45) is 0 Å². The molecule has 1 N–H and O–H groups in total. The van der Waals surface area contributed by atoms with Crippen LogP contribution in [0.25, 0.3) is 0 Å². The average molecular weight is 439 g/mol. The minimum atomic E-state index is -4.01. The molecule has 0 aliphatic rings. The van der Waals surface area contributed by atoms with E-state index >= 15 is 0 Å². The van der Waals surface area contributed by atoms with Crippen molar-refractivity contribution in [3.05, 3.63) is 72.0 Å². The number of hydrogen-bond donors (Lipinski definition) is 1. The smallest absolute Gasteiger partial charge is 0.261 e. The molecule has 3 aromatic rings. The highest BCUT2D eigenvalue weighted by Crippen LogP contribution is 2.27. The van der Waals surface area contributed by atoms with Crippen LogP contribution in [0.3, 0.4) is 0 Å². The number of anilines is 1. The topological polar surface area (TPSA) is 102 Å². The molecule has 2 aromatic carbocycles. The van der Waals surface area contributed by atoms with Crippen LogP contribution in [0.15, 0.2) is 76.8 Å². The summed E-state index contributed by atoms with van der Waals surface area (Å²) in [6.45, 7) is 0. The maximum atomic E-state index is 12.6. The molecular weight excluding hydrogens is 424 g/mol. The molecule has 3 rings (SSSR count). The quantitative estimate of drug-likeness (QED) is 0.629. The molecule has 28 heavy (non-hydrogen) atoms. The number of sulfonamides is 1. The van der Waals surface area contributed by atoms with Crippen molar-refractivity contribution in [1.82, 2.24) is 4.98 Å². The second kappa shape index (κ2) is 7.78. The van der Waals surface area contributed by atoms with E-state index in [1.54, 1.807) is 36.7 Å². The molecule has 1 heterocycles. The Kier molecular flexibility index (Phi) is 5.59. The number of hydrogen-bond acceptors (Lipinski definition) is 6. The summed E-state index contributed by atoms with van der Waals surface area (Å²) in [6.07, 6.45) is 4.14. The van der Waals surface area contributed by atoms with Crippen molar-refractivity contribution >= 4 is 37.1 Å². The predicted octanol–water partition coefficient (Wildman–Crippen LogP) is 3.73. The van der Waals surface area contributed by atoms with Gasteiger partial charge in [0.2, 0.25) is 0 Å². The van der Waals surface area contributed by atoms with E-state index in [1.807, 2.05) is 0 Å². The van der Waals surface area contributed by atoms with Gasteiger partial charge in [-0.25, -0.2) is 16.8 Å². The first-order chi connectivity index (χ1) is 13.1. The molecule has 0 spiro atoms. The molecule has 0 radical (unpaired) electrons. The van der Waals surface area contributed by atoms with Crippen LogP contribution < -0.4 is 9.46 Å². The standard InChI is InChI=1S/C18H15ClN2O5S2/c1-27(22,23)18-12-16(6-7-17(18)19)28(24,25)21-13-2-4-14(5-3-13)26-15-8-10-20-11-9-15/h2-12,21H,1H3. The summed E-state index contributed by atoms with van der Waals surface area (Å²) < 4.78 is 56.7. The lowest BCUT2D eigenvalue weighted by molar-refractivity contribution is 0.482. The molecule has 0 fully saturated rings. The van der Waals surface area contributed by atoms with Crippen LogP contribution in [0, 0.1) is 0 Å². The van der Waals surface area contributed by atoms with Crippen molar-refractivity contribution in [3.8, 4) is 11.5 Å². The van der Waals surface area contributed by atoms with E-state index in [2.05, 4.69) is 9.71 Å². The van der Waals surface area contributed by atoms with E-state index in [-0.39, 0.29) is 20.5 Å². The van der Waals surface area contributed by atoms with E-state index in [9.17, 15) is 16.8 Å². The normalized spacial score (nSPS) is 11.8. The Morgan fingerprint density at radius 1 is 0.893 bits per heavy atom. The zero-order chi connectivity index (χ0) is 20.4. The third kappa shape index (κ3) is 4.80. The number of benzene rings is 2. The number of nitrogens with zero attached hydrogens (tertiary/aromatic N) is 1. The second-order valence-electron chi connectivity index (χ2n) is 5.78. The minimum Gasteiger partial charge on any atom is -0.457 e. The summed E-state index contributed by atoms with van der Waals surface area (Å²) in [7, 11) is -7.68. The number of pyridine rings is 1. The predicted molar refractivity (Wildman–Crippen MR) is 106 cm³/mol. The van der Waals surface area contributed by atoms with Crippen LogP contribution >= 0.6 is 11.6 Å². The Labute approximate surface area is 167 Å². The molecule has 0 bridgehead atoms. The van der Waals surface area contributed by atoms with Crippen molar-refractivity contribution in [2.75, 3.05) is 11.0 Å². The maximum absolute atomic E-state index is 12.6. The summed E-state index contributed by atoms with van der Waals surface area (Å²) in [5.41, 5.74) is 0.290. The highest BCUT2D eigenvalue weighted by molar-refractivity contribution is 7.93. The van der Waals surface area contributed by atoms with Gasteiger partial charge in [0.25, 0.3) is 10.0 Å². The number of nitrogens with one attached hydrogen (secondary N) is 1. The number of sulfone groups is 1. The van der Waals surface area contributed by atoms with E-state index in [0.717, 1.165) is 12.3 Å². The van der Waals surface area contributed by atoms with Crippen molar-refractivity contribution in [3.63, 3.8) is 0 Å². The lowest BCUT2D eigenvalue weighted by atomic mass is 10.3. The van der Waals surface area contributed by atoms with Gasteiger partial charge in [-0.15, -0.1) is 0 Å². The third-order valence-electron chi connectivity index (χ3n) is 3.60. The molecule has 0 saturated carbocycles. The van der Waals surface area contributed by atoms with Gasteiger partial charge in [0, 0.05) is 24.3 Å². The molecule has 7 nitrogen and oxygen atoms in total. The Morgan fingerprint density at radius 2 is 1.50 bits per heavy atom. The maximum Gasteiger partial charge on any atom is 0.261 e. The highest BCUT2D eigenvalue weighted by Gasteiger charge is 2.20. The van der Waals surface area contributed by atoms with E-state index in [4.69, 9.17) is 16.3 Å². The van der Waals surface area contributed by atoms with Crippen LogP contribution in [0.4, 0.5) is 5.69 Å². The Bertz CT molecular complexity index is 1200. The van der Waals surface area contributed by atoms with Crippen LogP contribution in [0.2, 0.25) is 5.02 Å². The molecule has 0 amide bonds. The average Bonchev–Trinajstić information content (AvgIpc) is 2.63. The Balaban J connectivity index is 1.81. The molecule has 146 valence electrons. The van der Waals surface area contributed by atoms with Crippen molar-refractivity contribution in [2.45, 2.75) is 9.79 Å². The molecule has 0 aliphatic carbocycles. The summed E-state index contributed by atoms with van der Waals surface area (Å²) in [5.74, 6) is 1.11. The zero-order valence-electron chi connectivity index (χ0n) is 14.5.